The lowest BCUT2D eigenvalue weighted by Gasteiger charge is -2.31. The van der Waals surface area contributed by atoms with Crippen molar-refractivity contribution < 1.29 is 9.18 Å². The van der Waals surface area contributed by atoms with Gasteiger partial charge in [-0.05, 0) is 57.1 Å². The van der Waals surface area contributed by atoms with Gasteiger partial charge in [0.15, 0.2) is 5.78 Å². The molecular formula is C14H18FNO. The molecule has 1 fully saturated rings. The van der Waals surface area contributed by atoms with Gasteiger partial charge in [0.2, 0.25) is 0 Å². The van der Waals surface area contributed by atoms with Crippen LogP contribution < -0.4 is 0 Å². The number of likely N-dealkylation sites (tertiary alicyclic amines) is 1. The molecule has 0 bridgehead atoms. The third-order valence-corrected chi connectivity index (χ3v) is 3.45. The first-order chi connectivity index (χ1) is 8.18. The molecule has 0 amide bonds. The van der Waals surface area contributed by atoms with Gasteiger partial charge in [0, 0.05) is 5.56 Å². The van der Waals surface area contributed by atoms with Crippen LogP contribution in [-0.4, -0.2) is 29.8 Å². The average molecular weight is 235 g/mol. The lowest BCUT2D eigenvalue weighted by atomic mass is 10.0. The Morgan fingerprint density at radius 2 is 1.76 bits per heavy atom. The number of rotatable bonds is 3. The molecule has 0 aliphatic carbocycles. The molecular weight excluding hydrogens is 217 g/mol. The molecule has 2 nitrogen and oxygen atoms in total. The maximum Gasteiger partial charge on any atom is 0.179 e. The van der Waals surface area contributed by atoms with E-state index in [1.54, 1.807) is 12.1 Å². The topological polar surface area (TPSA) is 20.3 Å². The number of carbonyl (C=O) groups is 1. The number of benzene rings is 1. The molecule has 0 spiro atoms. The second kappa shape index (κ2) is 5.41. The maximum atomic E-state index is 12.8. The van der Waals surface area contributed by atoms with Crippen molar-refractivity contribution in [3.63, 3.8) is 0 Å². The van der Waals surface area contributed by atoms with Crippen molar-refractivity contribution in [1.82, 2.24) is 4.90 Å². The zero-order valence-corrected chi connectivity index (χ0v) is 10.2. The highest BCUT2D eigenvalue weighted by Gasteiger charge is 2.23. The van der Waals surface area contributed by atoms with Crippen molar-refractivity contribution in [2.75, 3.05) is 13.1 Å². The quantitative estimate of drug-likeness (QED) is 0.751. The number of hydrogen-bond acceptors (Lipinski definition) is 2. The van der Waals surface area contributed by atoms with E-state index in [0.717, 1.165) is 13.1 Å². The molecule has 0 saturated carbocycles. The van der Waals surface area contributed by atoms with Crippen LogP contribution in [0.2, 0.25) is 0 Å². The van der Waals surface area contributed by atoms with Crippen molar-refractivity contribution in [3.05, 3.63) is 35.6 Å². The van der Waals surface area contributed by atoms with Crippen molar-refractivity contribution >= 4 is 5.78 Å². The second-order valence-electron chi connectivity index (χ2n) is 4.64. The summed E-state index contributed by atoms with van der Waals surface area (Å²) in [4.78, 5) is 14.4. The summed E-state index contributed by atoms with van der Waals surface area (Å²) in [6.45, 7) is 3.93. The predicted octanol–water partition coefficient (Wildman–Crippen LogP) is 2.88. The highest BCUT2D eigenvalue weighted by Crippen LogP contribution is 2.15. The number of hydrogen-bond donors (Lipinski definition) is 0. The minimum Gasteiger partial charge on any atom is -0.294 e. The summed E-state index contributed by atoms with van der Waals surface area (Å²) in [7, 11) is 0. The number of piperidine rings is 1. The third kappa shape index (κ3) is 2.91. The Morgan fingerprint density at radius 3 is 2.35 bits per heavy atom. The summed E-state index contributed by atoms with van der Waals surface area (Å²) in [6.07, 6.45) is 3.59. The van der Waals surface area contributed by atoms with E-state index >= 15 is 0 Å². The monoisotopic (exact) mass is 235 g/mol. The van der Waals surface area contributed by atoms with Crippen LogP contribution in [0.5, 0.6) is 0 Å². The molecule has 0 N–H and O–H groups in total. The van der Waals surface area contributed by atoms with Gasteiger partial charge in [-0.1, -0.05) is 6.42 Å². The summed E-state index contributed by atoms with van der Waals surface area (Å²) >= 11 is 0. The first-order valence-electron chi connectivity index (χ1n) is 6.22. The van der Waals surface area contributed by atoms with E-state index in [9.17, 15) is 9.18 Å². The Bertz CT molecular complexity index is 382. The Balaban J connectivity index is 2.05. The Hall–Kier alpha value is -1.22. The maximum absolute atomic E-state index is 12.8. The predicted molar refractivity (Wildman–Crippen MR) is 65.6 cm³/mol. The smallest absolute Gasteiger partial charge is 0.179 e. The Morgan fingerprint density at radius 1 is 1.18 bits per heavy atom. The highest BCUT2D eigenvalue weighted by molar-refractivity contribution is 5.99. The van der Waals surface area contributed by atoms with Gasteiger partial charge in [0.05, 0.1) is 6.04 Å². The van der Waals surface area contributed by atoms with Gasteiger partial charge in [-0.25, -0.2) is 4.39 Å². The first-order valence-corrected chi connectivity index (χ1v) is 6.22. The molecule has 2 rings (SSSR count). The molecule has 1 aromatic carbocycles. The van der Waals surface area contributed by atoms with Crippen molar-refractivity contribution in [2.45, 2.75) is 32.2 Å². The van der Waals surface area contributed by atoms with Gasteiger partial charge in [0.1, 0.15) is 5.82 Å². The number of ketones is 1. The molecule has 17 heavy (non-hydrogen) atoms. The third-order valence-electron chi connectivity index (χ3n) is 3.45. The summed E-state index contributed by atoms with van der Waals surface area (Å²) in [6, 6.07) is 5.73. The fraction of sp³-hybridized carbons (Fsp3) is 0.500. The number of halogens is 1. The fourth-order valence-electron chi connectivity index (χ4n) is 2.33. The van der Waals surface area contributed by atoms with E-state index in [4.69, 9.17) is 0 Å². The van der Waals surface area contributed by atoms with Crippen LogP contribution in [-0.2, 0) is 0 Å². The number of carbonyl (C=O) groups excluding carboxylic acids is 1. The van der Waals surface area contributed by atoms with E-state index in [2.05, 4.69) is 4.90 Å². The van der Waals surface area contributed by atoms with E-state index in [1.807, 2.05) is 6.92 Å². The summed E-state index contributed by atoms with van der Waals surface area (Å²) in [5, 5.41) is 0. The van der Waals surface area contributed by atoms with Gasteiger partial charge in [-0.2, -0.15) is 0 Å². The lowest BCUT2D eigenvalue weighted by molar-refractivity contribution is 0.0809. The molecule has 1 aliphatic rings. The van der Waals surface area contributed by atoms with Crippen LogP contribution in [0, 0.1) is 5.82 Å². The SMILES string of the molecule is C[C@@H](C(=O)c1ccc(F)cc1)N1CCCCC1. The van der Waals surface area contributed by atoms with Crippen LogP contribution in [0.1, 0.15) is 36.5 Å². The van der Waals surface area contributed by atoms with Gasteiger partial charge in [0.25, 0.3) is 0 Å². The van der Waals surface area contributed by atoms with E-state index < -0.39 is 0 Å². The summed E-state index contributed by atoms with van der Waals surface area (Å²) in [5.74, 6) is -0.209. The summed E-state index contributed by atoms with van der Waals surface area (Å²) < 4.78 is 12.8. The molecule has 0 unspecified atom stereocenters. The van der Waals surface area contributed by atoms with Crippen molar-refractivity contribution in [1.29, 1.82) is 0 Å². The first kappa shape index (κ1) is 12.2. The summed E-state index contributed by atoms with van der Waals surface area (Å²) in [5.41, 5.74) is 0.601. The molecule has 0 aromatic heterocycles. The molecule has 3 heteroatoms. The average Bonchev–Trinajstić information content (AvgIpc) is 2.39. The lowest BCUT2D eigenvalue weighted by Crippen LogP contribution is -2.42. The fourth-order valence-corrected chi connectivity index (χ4v) is 2.33. The molecule has 1 saturated heterocycles. The van der Waals surface area contributed by atoms with Crippen LogP contribution in [0.15, 0.2) is 24.3 Å². The Labute approximate surface area is 101 Å². The molecule has 1 aliphatic heterocycles. The molecule has 92 valence electrons. The van der Waals surface area contributed by atoms with E-state index in [0.29, 0.717) is 5.56 Å². The van der Waals surface area contributed by atoms with Gasteiger partial charge in [-0.3, -0.25) is 9.69 Å². The molecule has 0 radical (unpaired) electrons. The van der Waals surface area contributed by atoms with Gasteiger partial charge >= 0.3 is 0 Å². The molecule has 1 atom stereocenters. The van der Waals surface area contributed by atoms with Crippen molar-refractivity contribution in [3.8, 4) is 0 Å². The zero-order chi connectivity index (χ0) is 12.3. The standard InChI is InChI=1S/C14H18FNO/c1-11(16-9-3-2-4-10-16)14(17)12-5-7-13(15)8-6-12/h5-8,11H,2-4,9-10H2,1H3/t11-/m0/s1. The number of Topliss-reactive ketones (excluding diaryl/α,β-unsaturated/α-hetero) is 1. The van der Waals surface area contributed by atoms with Gasteiger partial charge in [-0.15, -0.1) is 0 Å². The number of nitrogens with zero attached hydrogens (tertiary/aromatic N) is 1. The van der Waals surface area contributed by atoms with E-state index in [1.165, 1.54) is 31.4 Å². The van der Waals surface area contributed by atoms with Crippen LogP contribution in [0.3, 0.4) is 0 Å². The minimum absolute atomic E-state index is 0.0897. The normalized spacial score (nSPS) is 18.9. The minimum atomic E-state index is -0.299. The van der Waals surface area contributed by atoms with Crippen LogP contribution >= 0.6 is 0 Å². The van der Waals surface area contributed by atoms with Crippen LogP contribution in [0.4, 0.5) is 4.39 Å². The second-order valence-corrected chi connectivity index (χ2v) is 4.64. The Kier molecular flexibility index (Phi) is 3.89. The highest BCUT2D eigenvalue weighted by atomic mass is 19.1. The molecule has 1 heterocycles. The van der Waals surface area contributed by atoms with Gasteiger partial charge < -0.3 is 0 Å². The van der Waals surface area contributed by atoms with Crippen molar-refractivity contribution in [2.24, 2.45) is 0 Å². The largest absolute Gasteiger partial charge is 0.294 e. The van der Waals surface area contributed by atoms with E-state index in [-0.39, 0.29) is 17.6 Å². The van der Waals surface area contributed by atoms with Crippen LogP contribution in [0.25, 0.3) is 0 Å². The zero-order valence-electron chi connectivity index (χ0n) is 10.2. The molecule has 1 aromatic rings.